The number of rotatable bonds is 6. The Morgan fingerprint density at radius 3 is 1.82 bits per heavy atom. The maximum absolute atomic E-state index is 12.3. The summed E-state index contributed by atoms with van der Waals surface area (Å²) in [5.41, 5.74) is 2.92. The van der Waals surface area contributed by atoms with E-state index in [0.717, 1.165) is 11.1 Å². The smallest absolute Gasteiger partial charge is 0.387 e. The van der Waals surface area contributed by atoms with Crippen LogP contribution in [0.15, 0.2) is 84.9 Å². The number of alkyl halides is 2. The number of hydrogen-bond donors (Lipinski definition) is 1. The van der Waals surface area contributed by atoms with Crippen molar-refractivity contribution in [1.82, 2.24) is 4.90 Å². The van der Waals surface area contributed by atoms with Gasteiger partial charge in [0.2, 0.25) is 0 Å². The Morgan fingerprint density at radius 1 is 0.857 bits per heavy atom. The molecule has 3 aromatic rings. The fraction of sp³-hybridized carbons (Fsp3) is 0.136. The van der Waals surface area contributed by atoms with Gasteiger partial charge in [-0.15, -0.1) is 0 Å². The second-order valence-electron chi connectivity index (χ2n) is 6.17. The third kappa shape index (κ3) is 5.04. The highest BCUT2D eigenvalue weighted by Gasteiger charge is 2.21. The summed E-state index contributed by atoms with van der Waals surface area (Å²) in [4.78, 5) is 1.98. The third-order valence-corrected chi connectivity index (χ3v) is 4.66. The SMILES string of the molecule is CN(C(=S)Nc1ccc(OC(F)F)cc1)C(c1ccccc1)c1ccccc1. The second kappa shape index (κ2) is 9.28. The average Bonchev–Trinajstić information content (AvgIpc) is 2.71. The van der Waals surface area contributed by atoms with Crippen LogP contribution < -0.4 is 10.1 Å². The van der Waals surface area contributed by atoms with Crippen molar-refractivity contribution in [2.75, 3.05) is 12.4 Å². The molecule has 0 atom stereocenters. The Balaban J connectivity index is 1.79. The normalized spacial score (nSPS) is 10.8. The Morgan fingerprint density at radius 2 is 1.36 bits per heavy atom. The number of nitrogens with zero attached hydrogens (tertiary/aromatic N) is 1. The molecule has 0 saturated carbocycles. The number of ether oxygens (including phenoxy) is 1. The Hall–Kier alpha value is -2.99. The van der Waals surface area contributed by atoms with Gasteiger partial charge in [0.15, 0.2) is 5.11 Å². The summed E-state index contributed by atoms with van der Waals surface area (Å²) in [6.07, 6.45) is 0. The average molecular weight is 398 g/mol. The van der Waals surface area contributed by atoms with Crippen molar-refractivity contribution < 1.29 is 13.5 Å². The summed E-state index contributed by atoms with van der Waals surface area (Å²) in [6, 6.07) is 26.4. The lowest BCUT2D eigenvalue weighted by atomic mass is 9.98. The van der Waals surface area contributed by atoms with E-state index >= 15 is 0 Å². The molecule has 3 rings (SSSR count). The van der Waals surface area contributed by atoms with E-state index in [1.807, 2.05) is 48.3 Å². The van der Waals surface area contributed by atoms with Gasteiger partial charge in [-0.2, -0.15) is 8.78 Å². The third-order valence-electron chi connectivity index (χ3n) is 4.27. The van der Waals surface area contributed by atoms with Crippen LogP contribution in [0.5, 0.6) is 5.75 Å². The van der Waals surface area contributed by atoms with E-state index in [9.17, 15) is 8.78 Å². The summed E-state index contributed by atoms with van der Waals surface area (Å²) in [5, 5.41) is 3.67. The Kier molecular flexibility index (Phi) is 6.55. The largest absolute Gasteiger partial charge is 0.435 e. The monoisotopic (exact) mass is 398 g/mol. The molecule has 0 fully saturated rings. The molecule has 0 amide bonds. The van der Waals surface area contributed by atoms with Crippen LogP contribution in [-0.2, 0) is 0 Å². The summed E-state index contributed by atoms with van der Waals surface area (Å²) in [6.45, 7) is -2.84. The molecule has 0 aliphatic carbocycles. The molecule has 0 aromatic heterocycles. The van der Waals surface area contributed by atoms with Gasteiger partial charge in [0.1, 0.15) is 5.75 Å². The molecule has 144 valence electrons. The van der Waals surface area contributed by atoms with Crippen molar-refractivity contribution in [1.29, 1.82) is 0 Å². The predicted octanol–water partition coefficient (Wildman–Crippen LogP) is 5.71. The number of halogens is 2. The van der Waals surface area contributed by atoms with Gasteiger partial charge in [-0.05, 0) is 47.6 Å². The van der Waals surface area contributed by atoms with E-state index < -0.39 is 6.61 Å². The molecule has 0 saturated heterocycles. The molecule has 3 aromatic carbocycles. The van der Waals surface area contributed by atoms with Crippen molar-refractivity contribution in [2.24, 2.45) is 0 Å². The molecular weight excluding hydrogens is 378 g/mol. The van der Waals surface area contributed by atoms with Crippen LogP contribution >= 0.6 is 12.2 Å². The lowest BCUT2D eigenvalue weighted by molar-refractivity contribution is -0.0498. The van der Waals surface area contributed by atoms with Crippen molar-refractivity contribution in [3.63, 3.8) is 0 Å². The molecule has 0 unspecified atom stereocenters. The fourth-order valence-electron chi connectivity index (χ4n) is 2.96. The van der Waals surface area contributed by atoms with Crippen LogP contribution in [0.4, 0.5) is 14.5 Å². The zero-order valence-corrected chi connectivity index (χ0v) is 16.1. The molecule has 28 heavy (non-hydrogen) atoms. The number of nitrogens with one attached hydrogen (secondary N) is 1. The van der Waals surface area contributed by atoms with E-state index in [1.165, 1.54) is 12.1 Å². The summed E-state index contributed by atoms with van der Waals surface area (Å²) >= 11 is 5.60. The number of thiocarbonyl (C=S) groups is 1. The maximum atomic E-state index is 12.3. The van der Waals surface area contributed by atoms with E-state index in [4.69, 9.17) is 12.2 Å². The van der Waals surface area contributed by atoms with Gasteiger partial charge in [0.05, 0.1) is 6.04 Å². The van der Waals surface area contributed by atoms with Crippen LogP contribution in [-0.4, -0.2) is 23.7 Å². The first-order chi connectivity index (χ1) is 13.5. The highest BCUT2D eigenvalue weighted by atomic mass is 32.1. The molecule has 0 radical (unpaired) electrons. The predicted molar refractivity (Wildman–Crippen MR) is 112 cm³/mol. The van der Waals surface area contributed by atoms with Crippen molar-refractivity contribution in [3.8, 4) is 5.75 Å². The number of benzene rings is 3. The van der Waals surface area contributed by atoms with Gasteiger partial charge < -0.3 is 15.0 Å². The first-order valence-corrected chi connectivity index (χ1v) is 9.14. The van der Waals surface area contributed by atoms with Crippen LogP contribution in [0.1, 0.15) is 17.2 Å². The van der Waals surface area contributed by atoms with E-state index in [1.54, 1.807) is 12.1 Å². The van der Waals surface area contributed by atoms with E-state index in [-0.39, 0.29) is 11.8 Å². The molecule has 0 spiro atoms. The summed E-state index contributed by atoms with van der Waals surface area (Å²) in [7, 11) is 1.92. The minimum Gasteiger partial charge on any atom is -0.435 e. The molecule has 0 bridgehead atoms. The minimum atomic E-state index is -2.84. The van der Waals surface area contributed by atoms with Crippen LogP contribution in [0.2, 0.25) is 0 Å². The van der Waals surface area contributed by atoms with Gasteiger partial charge in [0, 0.05) is 12.7 Å². The quantitative estimate of drug-likeness (QED) is 0.538. The lowest BCUT2D eigenvalue weighted by Crippen LogP contribution is -2.35. The van der Waals surface area contributed by atoms with Gasteiger partial charge in [-0.25, -0.2) is 0 Å². The first-order valence-electron chi connectivity index (χ1n) is 8.73. The van der Waals surface area contributed by atoms with E-state index in [0.29, 0.717) is 10.8 Å². The van der Waals surface area contributed by atoms with Crippen LogP contribution in [0, 0.1) is 0 Å². The molecule has 0 aliphatic heterocycles. The molecule has 6 heteroatoms. The number of hydrogen-bond acceptors (Lipinski definition) is 2. The zero-order valence-electron chi connectivity index (χ0n) is 15.3. The fourth-order valence-corrected chi connectivity index (χ4v) is 3.18. The second-order valence-corrected chi connectivity index (χ2v) is 6.55. The summed E-state index contributed by atoms with van der Waals surface area (Å²) in [5.74, 6) is 0.103. The maximum Gasteiger partial charge on any atom is 0.387 e. The summed E-state index contributed by atoms with van der Waals surface area (Å²) < 4.78 is 28.9. The molecular formula is C22H20F2N2OS. The van der Waals surface area contributed by atoms with Gasteiger partial charge in [0.25, 0.3) is 0 Å². The lowest BCUT2D eigenvalue weighted by Gasteiger charge is -2.31. The van der Waals surface area contributed by atoms with Gasteiger partial charge in [-0.3, -0.25) is 0 Å². The molecule has 0 heterocycles. The van der Waals surface area contributed by atoms with E-state index in [2.05, 4.69) is 34.3 Å². The standard InChI is InChI=1S/C22H20F2N2OS/c1-26(22(28)25-18-12-14-19(15-13-18)27-21(23)24)20(16-8-4-2-5-9-16)17-10-6-3-7-11-17/h2-15,20-21H,1H3,(H,25,28). The highest BCUT2D eigenvalue weighted by molar-refractivity contribution is 7.80. The van der Waals surface area contributed by atoms with Crippen molar-refractivity contribution in [2.45, 2.75) is 12.7 Å². The Bertz CT molecular complexity index is 850. The number of anilines is 1. The van der Waals surface area contributed by atoms with Crippen molar-refractivity contribution in [3.05, 3.63) is 96.1 Å². The molecule has 0 aliphatic rings. The first kappa shape index (κ1) is 19.8. The van der Waals surface area contributed by atoms with Crippen LogP contribution in [0.3, 0.4) is 0 Å². The van der Waals surface area contributed by atoms with Crippen LogP contribution in [0.25, 0.3) is 0 Å². The topological polar surface area (TPSA) is 24.5 Å². The Labute approximate surface area is 168 Å². The van der Waals surface area contributed by atoms with Gasteiger partial charge in [-0.1, -0.05) is 60.7 Å². The highest BCUT2D eigenvalue weighted by Crippen LogP contribution is 2.28. The van der Waals surface area contributed by atoms with Gasteiger partial charge >= 0.3 is 6.61 Å². The minimum absolute atomic E-state index is 0.0659. The molecule has 1 N–H and O–H groups in total. The zero-order chi connectivity index (χ0) is 19.9. The van der Waals surface area contributed by atoms with Crippen molar-refractivity contribution >= 4 is 23.0 Å². The molecule has 3 nitrogen and oxygen atoms in total.